The lowest BCUT2D eigenvalue weighted by Gasteiger charge is -2.16. The normalized spacial score (nSPS) is 12.7. The van der Waals surface area contributed by atoms with E-state index in [-0.39, 0.29) is 6.03 Å². The van der Waals surface area contributed by atoms with E-state index in [1.807, 2.05) is 0 Å². The highest BCUT2D eigenvalue weighted by Crippen LogP contribution is 2.29. The lowest BCUT2D eigenvalue weighted by molar-refractivity contribution is -0.137. The molecule has 0 aliphatic carbocycles. The smallest absolute Gasteiger partial charge is 0.338 e. The summed E-state index contributed by atoms with van der Waals surface area (Å²) < 4.78 is 39.2. The molecule has 0 bridgehead atoms. The maximum atomic E-state index is 12.5. The van der Waals surface area contributed by atoms with Crippen molar-refractivity contribution in [1.29, 1.82) is 0 Å². The first-order chi connectivity index (χ1) is 11.4. The molecular weight excluding hydrogens is 323 g/mol. The number of aryl methyl sites for hydroxylation is 1. The van der Waals surface area contributed by atoms with E-state index in [9.17, 15) is 18.0 Å². The van der Waals surface area contributed by atoms with E-state index >= 15 is 0 Å². The summed E-state index contributed by atoms with van der Waals surface area (Å²) in [5.74, 6) is 0. The van der Waals surface area contributed by atoms with Crippen molar-refractivity contribution in [2.24, 2.45) is 0 Å². The molecule has 2 amide bonds. The highest BCUT2D eigenvalue weighted by atomic mass is 19.4. The fraction of sp³-hybridized carbons (Fsp3) is 0.400. The molecule has 0 saturated heterocycles. The van der Waals surface area contributed by atoms with Gasteiger partial charge >= 0.3 is 12.2 Å². The van der Waals surface area contributed by atoms with E-state index < -0.39 is 17.8 Å². The van der Waals surface area contributed by atoms with Crippen LogP contribution in [-0.2, 0) is 12.7 Å². The zero-order chi connectivity index (χ0) is 17.6. The van der Waals surface area contributed by atoms with Gasteiger partial charge in [-0.05, 0) is 31.0 Å². The molecule has 0 spiro atoms. The number of nitrogens with zero attached hydrogens (tertiary/aromatic N) is 3. The van der Waals surface area contributed by atoms with Gasteiger partial charge in [0.1, 0.15) is 12.7 Å². The van der Waals surface area contributed by atoms with Gasteiger partial charge in [0, 0.05) is 13.1 Å². The number of rotatable bonds is 6. The van der Waals surface area contributed by atoms with Crippen LogP contribution in [0.1, 0.15) is 30.5 Å². The number of amides is 2. The fourth-order valence-corrected chi connectivity index (χ4v) is 2.08. The van der Waals surface area contributed by atoms with Crippen molar-refractivity contribution < 1.29 is 18.0 Å². The maximum absolute atomic E-state index is 12.5. The Labute approximate surface area is 137 Å². The topological polar surface area (TPSA) is 71.8 Å². The quantitative estimate of drug-likeness (QED) is 0.794. The van der Waals surface area contributed by atoms with Gasteiger partial charge in [-0.2, -0.15) is 18.3 Å². The second-order valence-electron chi connectivity index (χ2n) is 5.25. The highest BCUT2D eigenvalue weighted by Gasteiger charge is 2.30. The van der Waals surface area contributed by atoms with Crippen LogP contribution in [0.5, 0.6) is 0 Å². The van der Waals surface area contributed by atoms with Gasteiger partial charge in [-0.15, -0.1) is 0 Å². The number of benzene rings is 1. The van der Waals surface area contributed by atoms with Crippen LogP contribution in [-0.4, -0.2) is 27.3 Å². The molecule has 6 nitrogen and oxygen atoms in total. The molecule has 1 heterocycles. The molecule has 0 radical (unpaired) electrons. The van der Waals surface area contributed by atoms with Gasteiger partial charge in [-0.3, -0.25) is 4.68 Å². The number of nitrogens with one attached hydrogen (secondary N) is 2. The molecule has 1 atom stereocenters. The largest absolute Gasteiger partial charge is 0.416 e. The summed E-state index contributed by atoms with van der Waals surface area (Å²) in [5.41, 5.74) is -0.114. The lowest BCUT2D eigenvalue weighted by atomic mass is 10.1. The molecule has 1 aromatic carbocycles. The highest BCUT2D eigenvalue weighted by molar-refractivity contribution is 5.74. The lowest BCUT2D eigenvalue weighted by Crippen LogP contribution is -2.37. The summed E-state index contributed by atoms with van der Waals surface area (Å²) in [6.45, 7) is 2.79. The molecule has 0 fully saturated rings. The van der Waals surface area contributed by atoms with Crippen LogP contribution in [0.4, 0.5) is 18.0 Å². The van der Waals surface area contributed by atoms with Gasteiger partial charge < -0.3 is 10.6 Å². The Morgan fingerprint density at radius 1 is 1.29 bits per heavy atom. The van der Waals surface area contributed by atoms with Crippen LogP contribution in [0.3, 0.4) is 0 Å². The first-order valence-corrected chi connectivity index (χ1v) is 7.40. The van der Waals surface area contributed by atoms with Gasteiger partial charge in [-0.25, -0.2) is 9.78 Å². The number of alkyl halides is 3. The summed E-state index contributed by atoms with van der Waals surface area (Å²) in [6.07, 6.45) is -0.652. The van der Waals surface area contributed by atoms with Crippen molar-refractivity contribution in [2.75, 3.05) is 6.54 Å². The molecule has 0 saturated carbocycles. The number of hydrogen-bond acceptors (Lipinski definition) is 3. The number of urea groups is 1. The maximum Gasteiger partial charge on any atom is 0.416 e. The Morgan fingerprint density at radius 3 is 2.58 bits per heavy atom. The Morgan fingerprint density at radius 2 is 2.00 bits per heavy atom. The molecule has 2 rings (SSSR count). The van der Waals surface area contributed by atoms with E-state index in [4.69, 9.17) is 0 Å². The van der Waals surface area contributed by atoms with Gasteiger partial charge in [0.05, 0.1) is 11.6 Å². The van der Waals surface area contributed by atoms with Crippen molar-refractivity contribution >= 4 is 6.03 Å². The predicted molar refractivity (Wildman–Crippen MR) is 81.0 cm³/mol. The summed E-state index contributed by atoms with van der Waals surface area (Å²) >= 11 is 0. The van der Waals surface area contributed by atoms with E-state index in [2.05, 4.69) is 20.7 Å². The van der Waals surface area contributed by atoms with Crippen molar-refractivity contribution in [1.82, 2.24) is 25.4 Å². The first kappa shape index (κ1) is 17.8. The summed E-state index contributed by atoms with van der Waals surface area (Å²) in [7, 11) is 0. The van der Waals surface area contributed by atoms with Crippen LogP contribution in [0, 0.1) is 0 Å². The molecule has 130 valence electrons. The standard InChI is InChI=1S/C15H18F3N5O/c1-11(12-3-5-13(6-4-12)15(16,17)18)22-14(24)20-7-2-8-23-10-19-9-21-23/h3-6,9-11H,2,7-8H2,1H3,(H2,20,22,24)/t11-/m0/s1. The summed E-state index contributed by atoms with van der Waals surface area (Å²) in [5, 5.41) is 9.31. The SMILES string of the molecule is C[C@H](NC(=O)NCCCn1cncn1)c1ccc(C(F)(F)F)cc1. The van der Waals surface area contributed by atoms with Crippen LogP contribution in [0.2, 0.25) is 0 Å². The van der Waals surface area contributed by atoms with E-state index in [1.165, 1.54) is 18.5 Å². The van der Waals surface area contributed by atoms with Crippen molar-refractivity contribution in [3.8, 4) is 0 Å². The average Bonchev–Trinajstić information content (AvgIpc) is 3.04. The zero-order valence-corrected chi connectivity index (χ0v) is 13.0. The number of aromatic nitrogens is 3. The Bertz CT molecular complexity index is 640. The fourth-order valence-electron chi connectivity index (χ4n) is 2.08. The Kier molecular flexibility index (Phi) is 5.78. The third kappa shape index (κ3) is 5.25. The summed E-state index contributed by atoms with van der Waals surface area (Å²) in [4.78, 5) is 15.6. The predicted octanol–water partition coefficient (Wildman–Crippen LogP) is 2.75. The van der Waals surface area contributed by atoms with E-state index in [1.54, 1.807) is 17.9 Å². The van der Waals surface area contributed by atoms with Gasteiger partial charge in [0.25, 0.3) is 0 Å². The molecule has 0 aliphatic heterocycles. The minimum atomic E-state index is -4.36. The average molecular weight is 341 g/mol. The van der Waals surface area contributed by atoms with Crippen LogP contribution in [0.25, 0.3) is 0 Å². The molecule has 2 aromatic rings. The zero-order valence-electron chi connectivity index (χ0n) is 13.0. The number of carbonyl (C=O) groups is 1. The molecule has 9 heteroatoms. The summed E-state index contributed by atoms with van der Waals surface area (Å²) in [6, 6.07) is 3.95. The van der Waals surface area contributed by atoms with E-state index in [0.29, 0.717) is 25.1 Å². The third-order valence-corrected chi connectivity index (χ3v) is 3.40. The van der Waals surface area contributed by atoms with Crippen molar-refractivity contribution in [3.63, 3.8) is 0 Å². The van der Waals surface area contributed by atoms with Crippen LogP contribution < -0.4 is 10.6 Å². The van der Waals surface area contributed by atoms with Gasteiger partial charge in [-0.1, -0.05) is 12.1 Å². The molecule has 2 N–H and O–H groups in total. The number of carbonyl (C=O) groups excluding carboxylic acids is 1. The Balaban J connectivity index is 1.74. The van der Waals surface area contributed by atoms with Crippen molar-refractivity contribution in [2.45, 2.75) is 32.1 Å². The molecule has 24 heavy (non-hydrogen) atoms. The minimum Gasteiger partial charge on any atom is -0.338 e. The number of halogens is 3. The molecule has 0 aliphatic rings. The minimum absolute atomic E-state index is 0.374. The van der Waals surface area contributed by atoms with Crippen molar-refractivity contribution in [3.05, 3.63) is 48.0 Å². The van der Waals surface area contributed by atoms with Crippen LogP contribution >= 0.6 is 0 Å². The molecule has 1 aromatic heterocycles. The van der Waals surface area contributed by atoms with Gasteiger partial charge in [0.15, 0.2) is 0 Å². The van der Waals surface area contributed by atoms with Gasteiger partial charge in [0.2, 0.25) is 0 Å². The van der Waals surface area contributed by atoms with E-state index in [0.717, 1.165) is 12.1 Å². The first-order valence-electron chi connectivity index (χ1n) is 7.40. The molecular formula is C15H18F3N5O. The second kappa shape index (κ2) is 7.80. The third-order valence-electron chi connectivity index (χ3n) is 3.40. The second-order valence-corrected chi connectivity index (χ2v) is 5.25. The molecule has 0 unspecified atom stereocenters. The number of hydrogen-bond donors (Lipinski definition) is 2. The van der Waals surface area contributed by atoms with Crippen LogP contribution in [0.15, 0.2) is 36.9 Å². The Hall–Kier alpha value is -2.58. The monoisotopic (exact) mass is 341 g/mol.